The van der Waals surface area contributed by atoms with Gasteiger partial charge in [-0.05, 0) is 45.7 Å². The summed E-state index contributed by atoms with van der Waals surface area (Å²) < 4.78 is 27.8. The maximum absolute atomic E-state index is 14.7. The van der Waals surface area contributed by atoms with Crippen molar-refractivity contribution in [1.82, 2.24) is 24.7 Å². The number of carbonyl (C=O) groups excluding carboxylic acids is 1. The molecule has 3 atom stereocenters. The predicted molar refractivity (Wildman–Crippen MR) is 146 cm³/mol. The molecule has 0 aliphatic carbocycles. The van der Waals surface area contributed by atoms with Crippen LogP contribution in [0.3, 0.4) is 0 Å². The molecule has 1 aromatic carbocycles. The van der Waals surface area contributed by atoms with Crippen LogP contribution >= 0.6 is 0 Å². The van der Waals surface area contributed by atoms with Crippen molar-refractivity contribution in [2.75, 3.05) is 36.5 Å². The van der Waals surface area contributed by atoms with E-state index in [4.69, 9.17) is 9.47 Å². The number of anilines is 2. The predicted octanol–water partition coefficient (Wildman–Crippen LogP) is 3.72. The summed E-state index contributed by atoms with van der Waals surface area (Å²) in [4.78, 5) is 29.2. The Morgan fingerprint density at radius 3 is 2.82 bits per heavy atom. The Morgan fingerprint density at radius 2 is 2.05 bits per heavy atom. The second kappa shape index (κ2) is 10.4. The van der Waals surface area contributed by atoms with Crippen LogP contribution in [0.1, 0.15) is 42.7 Å². The van der Waals surface area contributed by atoms with E-state index in [0.717, 1.165) is 43.6 Å². The van der Waals surface area contributed by atoms with Crippen LogP contribution in [0.5, 0.6) is 6.01 Å². The third-order valence-electron chi connectivity index (χ3n) is 7.16. The summed E-state index contributed by atoms with van der Waals surface area (Å²) in [6.07, 6.45) is 7.02. The van der Waals surface area contributed by atoms with Crippen molar-refractivity contribution < 1.29 is 18.7 Å². The van der Waals surface area contributed by atoms with E-state index in [1.54, 1.807) is 36.0 Å². The minimum atomic E-state index is -0.518. The Morgan fingerprint density at radius 1 is 1.23 bits per heavy atom. The minimum absolute atomic E-state index is 0.0128. The number of ether oxygens (including phenoxy) is 2. The first-order chi connectivity index (χ1) is 18.8. The molecule has 1 unspecified atom stereocenters. The van der Waals surface area contributed by atoms with Gasteiger partial charge in [0.15, 0.2) is 11.5 Å². The molecular formula is C28H32FN7O3. The van der Waals surface area contributed by atoms with Crippen LogP contribution in [-0.2, 0) is 4.74 Å². The summed E-state index contributed by atoms with van der Waals surface area (Å²) in [5, 5.41) is 7.13. The lowest BCUT2D eigenvalue weighted by molar-refractivity contribution is 0.0646. The van der Waals surface area contributed by atoms with Gasteiger partial charge in [0.2, 0.25) is 0 Å². The standard InChI is InChI=1S/C28H32FN7O3/c1-16-11-35(12-17(2)31-16)24-7-6-21(25-22(24)10-30-28(34-25)39-15-20-5-4-8-38-20)27(37)33-19-9-23(29)26-32-18(3)13-36(26)14-19/h6-7,9-10,13-14,16-17,20,31H,4-5,8,11-12,15H2,1-3H3,(H,33,37)/t16-,17-,20?/m1/s1. The zero-order chi connectivity index (χ0) is 27.1. The van der Waals surface area contributed by atoms with Gasteiger partial charge in [-0.15, -0.1) is 0 Å². The smallest absolute Gasteiger partial charge is 0.317 e. The van der Waals surface area contributed by atoms with Crippen LogP contribution in [0.15, 0.2) is 36.8 Å². The lowest BCUT2D eigenvalue weighted by Crippen LogP contribution is -2.54. The van der Waals surface area contributed by atoms with Crippen molar-refractivity contribution in [3.05, 3.63) is 53.9 Å². The summed E-state index contributed by atoms with van der Waals surface area (Å²) in [5.74, 6) is -0.928. The molecule has 10 nitrogen and oxygen atoms in total. The zero-order valence-electron chi connectivity index (χ0n) is 22.3. The number of rotatable bonds is 6. The Balaban J connectivity index is 1.36. The first-order valence-electron chi connectivity index (χ1n) is 13.4. The van der Waals surface area contributed by atoms with Crippen LogP contribution in [0.25, 0.3) is 16.6 Å². The van der Waals surface area contributed by atoms with Crippen molar-refractivity contribution in [2.24, 2.45) is 0 Å². The number of aryl methyl sites for hydroxylation is 1. The number of amides is 1. The molecule has 0 saturated carbocycles. The number of carbonyl (C=O) groups is 1. The van der Waals surface area contributed by atoms with Gasteiger partial charge in [0.25, 0.3) is 5.91 Å². The molecular weight excluding hydrogens is 501 g/mol. The van der Waals surface area contributed by atoms with E-state index in [1.807, 2.05) is 6.07 Å². The number of nitrogens with zero attached hydrogens (tertiary/aromatic N) is 5. The van der Waals surface area contributed by atoms with Crippen LogP contribution in [0.4, 0.5) is 15.8 Å². The van der Waals surface area contributed by atoms with Gasteiger partial charge in [-0.2, -0.15) is 4.98 Å². The highest BCUT2D eigenvalue weighted by Crippen LogP contribution is 2.31. The SMILES string of the molecule is Cc1cn2cc(NC(=O)c3ccc(N4C[C@@H](C)N[C@H](C)C4)c4cnc(OCC5CCCO5)nc34)cc(F)c2n1. The number of aromatic nitrogens is 4. The van der Waals surface area contributed by atoms with E-state index < -0.39 is 11.7 Å². The molecule has 204 valence electrons. The number of fused-ring (bicyclic) bond motifs is 2. The second-order valence-electron chi connectivity index (χ2n) is 10.5. The van der Waals surface area contributed by atoms with Crippen LogP contribution in [0.2, 0.25) is 0 Å². The average Bonchev–Trinajstić information content (AvgIpc) is 3.55. The number of nitrogens with one attached hydrogen (secondary N) is 2. The highest BCUT2D eigenvalue weighted by atomic mass is 19.1. The number of hydrogen-bond donors (Lipinski definition) is 2. The fourth-order valence-electron chi connectivity index (χ4n) is 5.53. The molecule has 3 aromatic heterocycles. The molecule has 0 spiro atoms. The normalized spacial score (nSPS) is 21.5. The molecule has 0 radical (unpaired) electrons. The summed E-state index contributed by atoms with van der Waals surface area (Å²) in [5.41, 5.74) is 2.98. The first-order valence-corrected chi connectivity index (χ1v) is 13.4. The lowest BCUT2D eigenvalue weighted by Gasteiger charge is -2.38. The van der Waals surface area contributed by atoms with Crippen molar-refractivity contribution in [1.29, 1.82) is 0 Å². The van der Waals surface area contributed by atoms with Crippen molar-refractivity contribution in [3.8, 4) is 6.01 Å². The lowest BCUT2D eigenvalue weighted by atomic mass is 10.0. The van der Waals surface area contributed by atoms with Crippen molar-refractivity contribution in [2.45, 2.75) is 51.8 Å². The third kappa shape index (κ3) is 5.24. The average molecular weight is 534 g/mol. The van der Waals surface area contributed by atoms with Crippen molar-refractivity contribution in [3.63, 3.8) is 0 Å². The first kappa shape index (κ1) is 25.4. The Hall–Kier alpha value is -3.83. The highest BCUT2D eigenvalue weighted by Gasteiger charge is 2.25. The van der Waals surface area contributed by atoms with E-state index >= 15 is 0 Å². The molecule has 11 heteroatoms. The quantitative estimate of drug-likeness (QED) is 0.386. The van der Waals surface area contributed by atoms with Gasteiger partial charge in [0, 0.05) is 67.5 Å². The number of imidazole rings is 1. The molecule has 2 saturated heterocycles. The molecule has 39 heavy (non-hydrogen) atoms. The molecule has 2 fully saturated rings. The molecule has 1 amide bonds. The Kier molecular flexibility index (Phi) is 6.78. The molecule has 0 bridgehead atoms. The van der Waals surface area contributed by atoms with Crippen LogP contribution in [0, 0.1) is 12.7 Å². The zero-order valence-corrected chi connectivity index (χ0v) is 22.3. The van der Waals surface area contributed by atoms with Gasteiger partial charge < -0.3 is 29.4 Å². The van der Waals surface area contributed by atoms with E-state index in [1.165, 1.54) is 6.07 Å². The van der Waals surface area contributed by atoms with Gasteiger partial charge in [0.1, 0.15) is 6.61 Å². The third-order valence-corrected chi connectivity index (χ3v) is 7.16. The fourth-order valence-corrected chi connectivity index (χ4v) is 5.53. The molecule has 6 rings (SSSR count). The number of hydrogen-bond acceptors (Lipinski definition) is 8. The number of halogens is 1. The summed E-state index contributed by atoms with van der Waals surface area (Å²) in [6.45, 7) is 8.79. The number of benzene rings is 1. The number of piperazine rings is 1. The topological polar surface area (TPSA) is 106 Å². The highest BCUT2D eigenvalue weighted by molar-refractivity contribution is 6.13. The molecule has 2 N–H and O–H groups in total. The van der Waals surface area contributed by atoms with Gasteiger partial charge in [-0.25, -0.2) is 14.4 Å². The molecule has 5 heterocycles. The number of pyridine rings is 1. The fraction of sp³-hybridized carbons (Fsp3) is 0.429. The van der Waals surface area contributed by atoms with Gasteiger partial charge >= 0.3 is 6.01 Å². The second-order valence-corrected chi connectivity index (χ2v) is 10.5. The van der Waals surface area contributed by atoms with E-state index in [2.05, 4.69) is 44.3 Å². The molecule has 2 aliphatic heterocycles. The van der Waals surface area contributed by atoms with E-state index in [0.29, 0.717) is 41.2 Å². The summed E-state index contributed by atoms with van der Waals surface area (Å²) in [6, 6.07) is 5.76. The maximum atomic E-state index is 14.7. The summed E-state index contributed by atoms with van der Waals surface area (Å²) >= 11 is 0. The summed E-state index contributed by atoms with van der Waals surface area (Å²) in [7, 11) is 0. The monoisotopic (exact) mass is 533 g/mol. The van der Waals surface area contributed by atoms with Gasteiger partial charge in [-0.3, -0.25) is 4.79 Å². The Labute approximate surface area is 225 Å². The minimum Gasteiger partial charge on any atom is -0.461 e. The van der Waals surface area contributed by atoms with Gasteiger partial charge in [-0.1, -0.05) is 0 Å². The van der Waals surface area contributed by atoms with Crippen molar-refractivity contribution >= 4 is 33.8 Å². The van der Waals surface area contributed by atoms with E-state index in [9.17, 15) is 9.18 Å². The molecule has 2 aliphatic rings. The molecule has 4 aromatic rings. The van der Waals surface area contributed by atoms with E-state index in [-0.39, 0.29) is 17.8 Å². The Bertz CT molecular complexity index is 1520. The van der Waals surface area contributed by atoms with Crippen LogP contribution < -0.4 is 20.3 Å². The largest absolute Gasteiger partial charge is 0.461 e. The van der Waals surface area contributed by atoms with Gasteiger partial charge in [0.05, 0.1) is 28.6 Å². The maximum Gasteiger partial charge on any atom is 0.317 e. The van der Waals surface area contributed by atoms with Crippen LogP contribution in [-0.4, -0.2) is 69.8 Å².